The van der Waals surface area contributed by atoms with Crippen molar-refractivity contribution < 1.29 is 27.8 Å². The number of ether oxygens (including phenoxy) is 1. The normalized spacial score (nSPS) is 19.7. The van der Waals surface area contributed by atoms with Crippen molar-refractivity contribution >= 4 is 11.6 Å². The second-order valence-corrected chi connectivity index (χ2v) is 6.92. The lowest BCUT2D eigenvalue weighted by atomic mass is 10.1. The van der Waals surface area contributed by atoms with E-state index < -0.39 is 18.7 Å². The van der Waals surface area contributed by atoms with Crippen molar-refractivity contribution in [2.45, 2.75) is 50.6 Å². The van der Waals surface area contributed by atoms with Crippen molar-refractivity contribution in [2.24, 2.45) is 0 Å². The Morgan fingerprint density at radius 2 is 2.08 bits per heavy atom. The zero-order valence-electron chi connectivity index (χ0n) is 14.6. The first-order valence-corrected chi connectivity index (χ1v) is 8.73. The minimum absolute atomic E-state index is 0.00344. The fraction of sp³-hybridized carbons (Fsp3) is 0.611. The Bertz CT molecular complexity index is 662. The first-order chi connectivity index (χ1) is 12.3. The summed E-state index contributed by atoms with van der Waals surface area (Å²) in [5.74, 6) is 0.625. The quantitative estimate of drug-likeness (QED) is 0.864. The van der Waals surface area contributed by atoms with Gasteiger partial charge in [-0.2, -0.15) is 13.2 Å². The van der Waals surface area contributed by atoms with Crippen LogP contribution in [-0.4, -0.2) is 54.4 Å². The lowest BCUT2D eigenvalue weighted by Crippen LogP contribution is -2.42. The molecule has 0 bridgehead atoms. The molecule has 1 aromatic carbocycles. The summed E-state index contributed by atoms with van der Waals surface area (Å²) in [6.07, 6.45) is -5.04. The van der Waals surface area contributed by atoms with E-state index in [1.165, 1.54) is 0 Å². The van der Waals surface area contributed by atoms with Gasteiger partial charge in [-0.05, 0) is 36.6 Å². The Hall–Kier alpha value is -1.96. The van der Waals surface area contributed by atoms with Gasteiger partial charge < -0.3 is 19.6 Å². The van der Waals surface area contributed by atoms with Crippen molar-refractivity contribution in [3.63, 3.8) is 0 Å². The number of benzene rings is 1. The lowest BCUT2D eigenvalue weighted by Gasteiger charge is -2.34. The van der Waals surface area contributed by atoms with E-state index in [1.807, 2.05) is 11.0 Å². The van der Waals surface area contributed by atoms with Crippen LogP contribution in [0, 0.1) is 0 Å². The predicted molar refractivity (Wildman–Crippen MR) is 90.1 cm³/mol. The number of hydrogen-bond donors (Lipinski definition) is 1. The third-order valence-corrected chi connectivity index (χ3v) is 4.77. The van der Waals surface area contributed by atoms with Crippen LogP contribution in [0.5, 0.6) is 5.75 Å². The van der Waals surface area contributed by atoms with Gasteiger partial charge in [0.15, 0.2) is 0 Å². The molecule has 1 unspecified atom stereocenters. The molecule has 1 fully saturated rings. The van der Waals surface area contributed by atoms with E-state index in [-0.39, 0.29) is 31.5 Å². The van der Waals surface area contributed by atoms with Crippen LogP contribution < -0.4 is 9.64 Å². The Morgan fingerprint density at radius 3 is 2.69 bits per heavy atom. The Kier molecular flexibility index (Phi) is 5.32. The molecule has 1 aliphatic carbocycles. The molecular weight excluding hydrogens is 349 g/mol. The standard InChI is InChI=1S/C18H23F3N2O3/c1-26-15-4-5-16-12(8-15)10-23(13-2-3-13)17(25)6-7-22(16)11-14(24)9-18(19,20)21/h4-5,8,13-14,24H,2-3,6-7,9-11H2,1H3. The van der Waals surface area contributed by atoms with Crippen LogP contribution in [0.15, 0.2) is 18.2 Å². The first-order valence-electron chi connectivity index (χ1n) is 8.73. The van der Waals surface area contributed by atoms with Gasteiger partial charge in [0.1, 0.15) is 5.75 Å². The van der Waals surface area contributed by atoms with Crippen molar-refractivity contribution in [2.75, 3.05) is 25.1 Å². The molecule has 1 atom stereocenters. The van der Waals surface area contributed by atoms with E-state index in [0.29, 0.717) is 12.3 Å². The van der Waals surface area contributed by atoms with Crippen LogP contribution in [0.1, 0.15) is 31.2 Å². The summed E-state index contributed by atoms with van der Waals surface area (Å²) in [4.78, 5) is 16.0. The van der Waals surface area contributed by atoms with E-state index >= 15 is 0 Å². The number of carbonyl (C=O) groups excluding carboxylic acids is 1. The summed E-state index contributed by atoms with van der Waals surface area (Å²) >= 11 is 0. The number of hydrogen-bond acceptors (Lipinski definition) is 4. The summed E-state index contributed by atoms with van der Waals surface area (Å²) in [6, 6.07) is 5.60. The highest BCUT2D eigenvalue weighted by atomic mass is 19.4. The summed E-state index contributed by atoms with van der Waals surface area (Å²) in [7, 11) is 1.54. The Labute approximate surface area is 150 Å². The molecule has 1 amide bonds. The third-order valence-electron chi connectivity index (χ3n) is 4.77. The van der Waals surface area contributed by atoms with Crippen molar-refractivity contribution in [3.05, 3.63) is 23.8 Å². The number of amides is 1. The van der Waals surface area contributed by atoms with Crippen molar-refractivity contribution in [3.8, 4) is 5.75 Å². The molecule has 26 heavy (non-hydrogen) atoms. The smallest absolute Gasteiger partial charge is 0.391 e. The van der Waals surface area contributed by atoms with Crippen LogP contribution in [0.3, 0.4) is 0 Å². The van der Waals surface area contributed by atoms with Gasteiger partial charge in [-0.25, -0.2) is 0 Å². The van der Waals surface area contributed by atoms with Crippen LogP contribution in [0.4, 0.5) is 18.9 Å². The summed E-state index contributed by atoms with van der Waals surface area (Å²) < 4.78 is 42.9. The van der Waals surface area contributed by atoms with Gasteiger partial charge in [0, 0.05) is 37.8 Å². The highest BCUT2D eigenvalue weighted by Crippen LogP contribution is 2.35. The van der Waals surface area contributed by atoms with E-state index in [2.05, 4.69) is 0 Å². The van der Waals surface area contributed by atoms with E-state index in [9.17, 15) is 23.1 Å². The number of halogens is 3. The van der Waals surface area contributed by atoms with Crippen molar-refractivity contribution in [1.82, 2.24) is 4.90 Å². The highest BCUT2D eigenvalue weighted by molar-refractivity contribution is 5.78. The molecule has 1 aliphatic heterocycles. The van der Waals surface area contributed by atoms with E-state index in [0.717, 1.165) is 24.1 Å². The fourth-order valence-electron chi connectivity index (χ4n) is 3.39. The first kappa shape index (κ1) is 18.8. The number of rotatable bonds is 5. The number of anilines is 1. The number of β-amino-alcohol motifs (C(OH)–C–C–N with tert-alkyl or cyclic N) is 1. The molecule has 0 saturated heterocycles. The number of nitrogens with zero attached hydrogens (tertiary/aromatic N) is 2. The molecule has 3 rings (SSSR count). The maximum absolute atomic E-state index is 12.6. The average molecular weight is 372 g/mol. The Morgan fingerprint density at radius 1 is 1.35 bits per heavy atom. The lowest BCUT2D eigenvalue weighted by molar-refractivity contribution is -0.152. The molecule has 8 heteroatoms. The second-order valence-electron chi connectivity index (χ2n) is 6.92. The van der Waals surface area contributed by atoms with Gasteiger partial charge >= 0.3 is 6.18 Å². The molecule has 0 radical (unpaired) electrons. The number of aliphatic hydroxyl groups excluding tert-OH is 1. The second kappa shape index (κ2) is 7.34. The summed E-state index contributed by atoms with van der Waals surface area (Å²) in [6.45, 7) is 0.508. The predicted octanol–water partition coefficient (Wildman–Crippen LogP) is 2.71. The van der Waals surface area contributed by atoms with Gasteiger partial charge in [0.25, 0.3) is 0 Å². The number of fused-ring (bicyclic) bond motifs is 1. The number of methoxy groups -OCH3 is 1. The SMILES string of the molecule is COc1ccc2c(c1)CN(C1CC1)C(=O)CCN2CC(O)CC(F)(F)F. The molecule has 5 nitrogen and oxygen atoms in total. The van der Waals surface area contributed by atoms with Crippen LogP contribution >= 0.6 is 0 Å². The fourth-order valence-corrected chi connectivity index (χ4v) is 3.39. The van der Waals surface area contributed by atoms with E-state index in [1.54, 1.807) is 24.1 Å². The zero-order chi connectivity index (χ0) is 18.9. The van der Waals surface area contributed by atoms with Gasteiger partial charge in [-0.3, -0.25) is 4.79 Å². The van der Waals surface area contributed by atoms with Gasteiger partial charge in [0.05, 0.1) is 19.6 Å². The van der Waals surface area contributed by atoms with Crippen LogP contribution in [0.25, 0.3) is 0 Å². The van der Waals surface area contributed by atoms with Gasteiger partial charge in [-0.15, -0.1) is 0 Å². The molecule has 1 saturated carbocycles. The summed E-state index contributed by atoms with van der Waals surface area (Å²) in [5.41, 5.74) is 1.56. The molecular formula is C18H23F3N2O3. The number of carbonyl (C=O) groups is 1. The zero-order valence-corrected chi connectivity index (χ0v) is 14.6. The molecule has 0 spiro atoms. The molecule has 2 aliphatic rings. The van der Waals surface area contributed by atoms with Crippen LogP contribution in [0.2, 0.25) is 0 Å². The maximum Gasteiger partial charge on any atom is 0.391 e. The third kappa shape index (κ3) is 4.60. The molecule has 1 aromatic rings. The maximum atomic E-state index is 12.6. The minimum Gasteiger partial charge on any atom is -0.497 e. The average Bonchev–Trinajstić information content (AvgIpc) is 3.38. The largest absolute Gasteiger partial charge is 0.497 e. The monoisotopic (exact) mass is 372 g/mol. The van der Waals surface area contributed by atoms with Gasteiger partial charge in [0.2, 0.25) is 5.91 Å². The molecule has 0 aromatic heterocycles. The highest BCUT2D eigenvalue weighted by Gasteiger charge is 2.36. The molecule has 1 heterocycles. The van der Waals surface area contributed by atoms with Gasteiger partial charge in [-0.1, -0.05) is 0 Å². The van der Waals surface area contributed by atoms with E-state index in [4.69, 9.17) is 4.74 Å². The van der Waals surface area contributed by atoms with Crippen LogP contribution in [-0.2, 0) is 11.3 Å². The number of aliphatic hydroxyl groups is 1. The minimum atomic E-state index is -4.43. The topological polar surface area (TPSA) is 53.0 Å². The number of alkyl halides is 3. The Balaban J connectivity index is 1.86. The summed E-state index contributed by atoms with van der Waals surface area (Å²) in [5, 5.41) is 9.86. The van der Waals surface area contributed by atoms with Crippen molar-refractivity contribution in [1.29, 1.82) is 0 Å². The molecule has 1 N–H and O–H groups in total. The molecule has 144 valence electrons.